The molecule has 0 spiro atoms. The van der Waals surface area contributed by atoms with Crippen molar-refractivity contribution in [2.45, 2.75) is 45.6 Å². The van der Waals surface area contributed by atoms with Crippen LogP contribution in [-0.2, 0) is 6.54 Å². The Morgan fingerprint density at radius 3 is 2.95 bits per heavy atom. The molecular formula is C16H28IN5. The normalized spacial score (nSPS) is 15.0. The number of guanidine groups is 1. The highest BCUT2D eigenvalue weighted by Gasteiger charge is 2.03. The molecule has 1 aliphatic rings. The van der Waals surface area contributed by atoms with Crippen LogP contribution in [0.1, 0.15) is 39.0 Å². The van der Waals surface area contributed by atoms with Crippen molar-refractivity contribution >= 4 is 29.9 Å². The fourth-order valence-electron chi connectivity index (χ4n) is 2.51. The van der Waals surface area contributed by atoms with Gasteiger partial charge in [-0.15, -0.1) is 24.0 Å². The molecule has 0 fully saturated rings. The van der Waals surface area contributed by atoms with Gasteiger partial charge in [0.05, 0.1) is 6.33 Å². The van der Waals surface area contributed by atoms with Crippen LogP contribution in [0.2, 0.25) is 0 Å². The molecule has 1 aromatic rings. The van der Waals surface area contributed by atoms with Crippen molar-refractivity contribution in [2.24, 2.45) is 4.99 Å². The number of imidazole rings is 1. The number of aromatic nitrogens is 2. The second kappa shape index (κ2) is 11.5. The lowest BCUT2D eigenvalue weighted by molar-refractivity contribution is 0.658. The van der Waals surface area contributed by atoms with Crippen LogP contribution in [0.25, 0.3) is 0 Å². The Balaban J connectivity index is 0.00000242. The van der Waals surface area contributed by atoms with Crippen molar-refractivity contribution in [3.05, 3.63) is 30.4 Å². The molecule has 1 aromatic heterocycles. The topological polar surface area (TPSA) is 54.2 Å². The third-order valence-corrected chi connectivity index (χ3v) is 3.65. The molecule has 0 saturated carbocycles. The lowest BCUT2D eigenvalue weighted by Gasteiger charge is -2.13. The molecule has 0 amide bonds. The molecule has 0 aromatic carbocycles. The summed E-state index contributed by atoms with van der Waals surface area (Å²) in [5.41, 5.74) is 1.58. The van der Waals surface area contributed by atoms with Gasteiger partial charge in [-0.05, 0) is 39.0 Å². The summed E-state index contributed by atoms with van der Waals surface area (Å²) in [5.74, 6) is 0.911. The minimum absolute atomic E-state index is 0. The maximum absolute atomic E-state index is 4.66. The maximum Gasteiger partial charge on any atom is 0.191 e. The number of allylic oxidation sites excluding steroid dienone is 1. The molecule has 0 saturated heterocycles. The van der Waals surface area contributed by atoms with Gasteiger partial charge in [-0.3, -0.25) is 4.99 Å². The van der Waals surface area contributed by atoms with Crippen molar-refractivity contribution in [3.63, 3.8) is 0 Å². The van der Waals surface area contributed by atoms with E-state index in [1.807, 2.05) is 12.5 Å². The molecule has 124 valence electrons. The third kappa shape index (κ3) is 7.29. The van der Waals surface area contributed by atoms with Gasteiger partial charge in [-0.25, -0.2) is 4.98 Å². The Labute approximate surface area is 150 Å². The zero-order valence-electron chi connectivity index (χ0n) is 13.4. The smallest absolute Gasteiger partial charge is 0.191 e. The number of nitrogens with one attached hydrogen (secondary N) is 2. The van der Waals surface area contributed by atoms with Gasteiger partial charge in [-0.1, -0.05) is 11.6 Å². The van der Waals surface area contributed by atoms with Gasteiger partial charge in [0.25, 0.3) is 0 Å². The molecule has 22 heavy (non-hydrogen) atoms. The van der Waals surface area contributed by atoms with Gasteiger partial charge in [0.2, 0.25) is 0 Å². The largest absolute Gasteiger partial charge is 0.357 e. The third-order valence-electron chi connectivity index (χ3n) is 3.65. The summed E-state index contributed by atoms with van der Waals surface area (Å²) in [4.78, 5) is 8.70. The fraction of sp³-hybridized carbons (Fsp3) is 0.625. The molecule has 6 heteroatoms. The molecule has 2 rings (SSSR count). The lowest BCUT2D eigenvalue weighted by atomic mass is 9.97. The highest BCUT2D eigenvalue weighted by molar-refractivity contribution is 14.0. The summed E-state index contributed by atoms with van der Waals surface area (Å²) >= 11 is 0. The van der Waals surface area contributed by atoms with E-state index in [1.165, 1.54) is 25.7 Å². The van der Waals surface area contributed by atoms with Crippen LogP contribution in [-0.4, -0.2) is 35.1 Å². The van der Waals surface area contributed by atoms with Crippen LogP contribution in [0.15, 0.2) is 35.4 Å². The van der Waals surface area contributed by atoms with Gasteiger partial charge in [0, 0.05) is 38.6 Å². The van der Waals surface area contributed by atoms with E-state index in [2.05, 4.69) is 38.2 Å². The van der Waals surface area contributed by atoms with Gasteiger partial charge < -0.3 is 15.2 Å². The average Bonchev–Trinajstić information content (AvgIpc) is 3.02. The Kier molecular flexibility index (Phi) is 9.94. The summed E-state index contributed by atoms with van der Waals surface area (Å²) in [6.07, 6.45) is 14.3. The monoisotopic (exact) mass is 417 g/mol. The lowest BCUT2D eigenvalue weighted by Crippen LogP contribution is -2.38. The number of halogens is 1. The second-order valence-electron chi connectivity index (χ2n) is 5.35. The van der Waals surface area contributed by atoms with Crippen molar-refractivity contribution in [2.75, 3.05) is 19.6 Å². The average molecular weight is 417 g/mol. The highest BCUT2D eigenvalue weighted by Crippen LogP contribution is 2.19. The number of aliphatic imine (C=N–C) groups is 1. The van der Waals surface area contributed by atoms with Gasteiger partial charge in [0.1, 0.15) is 0 Å². The molecule has 0 unspecified atom stereocenters. The summed E-state index contributed by atoms with van der Waals surface area (Å²) in [7, 11) is 0. The predicted molar refractivity (Wildman–Crippen MR) is 103 cm³/mol. The molecule has 1 aliphatic carbocycles. The number of rotatable bonds is 7. The first-order valence-corrected chi connectivity index (χ1v) is 8.04. The van der Waals surface area contributed by atoms with E-state index in [4.69, 9.17) is 0 Å². The SMILES string of the molecule is CCNC(=NCCC1=CCCCC1)NCCn1ccnc1.I. The fourth-order valence-corrected chi connectivity index (χ4v) is 2.51. The predicted octanol–water partition coefficient (Wildman–Crippen LogP) is 2.95. The summed E-state index contributed by atoms with van der Waals surface area (Å²) in [5, 5.41) is 6.66. The van der Waals surface area contributed by atoms with Crippen molar-refractivity contribution in [1.82, 2.24) is 20.2 Å². The van der Waals surface area contributed by atoms with E-state index in [-0.39, 0.29) is 24.0 Å². The Morgan fingerprint density at radius 1 is 1.36 bits per heavy atom. The van der Waals surface area contributed by atoms with Crippen LogP contribution in [0, 0.1) is 0 Å². The molecule has 0 radical (unpaired) electrons. The summed E-state index contributed by atoms with van der Waals surface area (Å²) in [6, 6.07) is 0. The van der Waals surface area contributed by atoms with Crippen LogP contribution >= 0.6 is 24.0 Å². The zero-order chi connectivity index (χ0) is 14.8. The molecule has 1 heterocycles. The van der Waals surface area contributed by atoms with E-state index >= 15 is 0 Å². The zero-order valence-corrected chi connectivity index (χ0v) is 15.8. The second-order valence-corrected chi connectivity index (χ2v) is 5.35. The van der Waals surface area contributed by atoms with Gasteiger partial charge in [-0.2, -0.15) is 0 Å². The first kappa shape index (κ1) is 19.0. The maximum atomic E-state index is 4.66. The van der Waals surface area contributed by atoms with Crippen LogP contribution in [0.5, 0.6) is 0 Å². The van der Waals surface area contributed by atoms with Crippen molar-refractivity contribution < 1.29 is 0 Å². The van der Waals surface area contributed by atoms with Crippen LogP contribution < -0.4 is 10.6 Å². The Hall–Kier alpha value is -1.05. The van der Waals surface area contributed by atoms with Gasteiger partial charge in [0.15, 0.2) is 5.96 Å². The quantitative estimate of drug-likeness (QED) is 0.311. The molecule has 0 bridgehead atoms. The van der Waals surface area contributed by atoms with E-state index in [0.717, 1.165) is 38.6 Å². The van der Waals surface area contributed by atoms with E-state index in [1.54, 1.807) is 11.8 Å². The highest BCUT2D eigenvalue weighted by atomic mass is 127. The van der Waals surface area contributed by atoms with E-state index in [9.17, 15) is 0 Å². The molecule has 2 N–H and O–H groups in total. The summed E-state index contributed by atoms with van der Waals surface area (Å²) in [6.45, 7) is 5.60. The first-order chi connectivity index (χ1) is 10.4. The Bertz CT molecular complexity index is 453. The first-order valence-electron chi connectivity index (χ1n) is 8.04. The molecule has 5 nitrogen and oxygen atoms in total. The van der Waals surface area contributed by atoms with Crippen LogP contribution in [0.4, 0.5) is 0 Å². The summed E-state index contributed by atoms with van der Waals surface area (Å²) < 4.78 is 2.06. The molecule has 0 aliphatic heterocycles. The minimum Gasteiger partial charge on any atom is -0.357 e. The molecule has 0 atom stereocenters. The number of hydrogen-bond donors (Lipinski definition) is 2. The Morgan fingerprint density at radius 2 is 2.27 bits per heavy atom. The van der Waals surface area contributed by atoms with Crippen molar-refractivity contribution in [1.29, 1.82) is 0 Å². The van der Waals surface area contributed by atoms with Crippen LogP contribution in [0.3, 0.4) is 0 Å². The number of hydrogen-bond acceptors (Lipinski definition) is 2. The van der Waals surface area contributed by atoms with E-state index < -0.39 is 0 Å². The van der Waals surface area contributed by atoms with E-state index in [0.29, 0.717) is 0 Å². The minimum atomic E-state index is 0. The van der Waals surface area contributed by atoms with Crippen molar-refractivity contribution in [3.8, 4) is 0 Å². The number of nitrogens with zero attached hydrogens (tertiary/aromatic N) is 3. The van der Waals surface area contributed by atoms with Gasteiger partial charge >= 0.3 is 0 Å². The molecular weight excluding hydrogens is 389 g/mol. The standard InChI is InChI=1S/C16H27N5.HI/c1-2-18-16(20-11-13-21-12-10-17-14-21)19-9-8-15-6-4-3-5-7-15;/h6,10,12,14H,2-5,7-9,11,13H2,1H3,(H2,18,19,20);1H.